The fourth-order valence-corrected chi connectivity index (χ4v) is 3.22. The van der Waals surface area contributed by atoms with Crippen molar-refractivity contribution in [1.82, 2.24) is 0 Å². The van der Waals surface area contributed by atoms with Gasteiger partial charge in [-0.25, -0.2) is 8.42 Å². The molecule has 0 spiro atoms. The fourth-order valence-electron chi connectivity index (χ4n) is 1.34. The highest BCUT2D eigenvalue weighted by Gasteiger charge is 2.13. The van der Waals surface area contributed by atoms with Crippen molar-refractivity contribution < 1.29 is 8.42 Å². The number of hydrogen-bond acceptors (Lipinski definition) is 2. The predicted octanol–water partition coefficient (Wildman–Crippen LogP) is 3.55. The minimum atomic E-state index is -3.25. The smallest absolute Gasteiger partial charge is 0.232 e. The highest BCUT2D eigenvalue weighted by molar-refractivity contribution is 9.10. The number of nitrogens with one attached hydrogen (secondary N) is 1. The number of aryl methyl sites for hydroxylation is 1. The first-order chi connectivity index (χ1) is 7.82. The van der Waals surface area contributed by atoms with Crippen LogP contribution in [0, 0.1) is 12.8 Å². The third kappa shape index (κ3) is 4.68. The zero-order valence-corrected chi connectivity index (χ0v) is 12.7. The normalized spacial score (nSPS) is 11.8. The lowest BCUT2D eigenvalue weighted by Gasteiger charge is -2.11. The summed E-state index contributed by atoms with van der Waals surface area (Å²) >= 11 is 3.39. The van der Waals surface area contributed by atoms with E-state index in [1.165, 1.54) is 0 Å². The van der Waals surface area contributed by atoms with Gasteiger partial charge >= 0.3 is 0 Å². The zero-order valence-electron chi connectivity index (χ0n) is 10.3. The van der Waals surface area contributed by atoms with Crippen LogP contribution in [0.4, 0.5) is 5.69 Å². The summed E-state index contributed by atoms with van der Waals surface area (Å²) < 4.78 is 27.1. The molecule has 0 bridgehead atoms. The largest absolute Gasteiger partial charge is 0.282 e. The van der Waals surface area contributed by atoms with E-state index in [1.54, 1.807) is 6.07 Å². The van der Waals surface area contributed by atoms with Crippen molar-refractivity contribution in [3.8, 4) is 0 Å². The summed E-state index contributed by atoms with van der Waals surface area (Å²) in [4.78, 5) is 0. The lowest BCUT2D eigenvalue weighted by Crippen LogP contribution is -2.18. The molecule has 5 heteroatoms. The maximum atomic E-state index is 11.8. The van der Waals surface area contributed by atoms with Gasteiger partial charge in [0.25, 0.3) is 0 Å². The standard InChI is InChI=1S/C12H18BrNO2S/c1-9(2)7-8-17(15,16)14-11-6-4-5-10(3)12(11)13/h4-6,9,14H,7-8H2,1-3H3. The molecule has 0 atom stereocenters. The first-order valence-electron chi connectivity index (χ1n) is 5.57. The van der Waals surface area contributed by atoms with E-state index >= 15 is 0 Å². The Morgan fingerprint density at radius 2 is 2.00 bits per heavy atom. The van der Waals surface area contributed by atoms with Crippen LogP contribution in [0.2, 0.25) is 0 Å². The van der Waals surface area contributed by atoms with Crippen molar-refractivity contribution in [1.29, 1.82) is 0 Å². The van der Waals surface area contributed by atoms with E-state index in [4.69, 9.17) is 0 Å². The average molecular weight is 320 g/mol. The fraction of sp³-hybridized carbons (Fsp3) is 0.500. The van der Waals surface area contributed by atoms with E-state index in [0.29, 0.717) is 18.0 Å². The van der Waals surface area contributed by atoms with Crippen LogP contribution < -0.4 is 4.72 Å². The van der Waals surface area contributed by atoms with Gasteiger partial charge in [0.2, 0.25) is 10.0 Å². The highest BCUT2D eigenvalue weighted by Crippen LogP contribution is 2.26. The van der Waals surface area contributed by atoms with Gasteiger partial charge in [-0.3, -0.25) is 4.72 Å². The topological polar surface area (TPSA) is 46.2 Å². The molecule has 0 aromatic heterocycles. The molecule has 0 unspecified atom stereocenters. The van der Waals surface area contributed by atoms with Crippen molar-refractivity contribution in [2.24, 2.45) is 5.92 Å². The van der Waals surface area contributed by atoms with Gasteiger partial charge in [0.05, 0.1) is 11.4 Å². The average Bonchev–Trinajstić information content (AvgIpc) is 2.22. The molecule has 1 aromatic rings. The van der Waals surface area contributed by atoms with Crippen LogP contribution in [0.3, 0.4) is 0 Å². The van der Waals surface area contributed by atoms with Gasteiger partial charge < -0.3 is 0 Å². The Labute approximate surface area is 112 Å². The van der Waals surface area contributed by atoms with E-state index in [1.807, 2.05) is 32.9 Å². The second-order valence-electron chi connectivity index (χ2n) is 4.54. The number of halogens is 1. The molecule has 1 rings (SSSR count). The van der Waals surface area contributed by atoms with Crippen LogP contribution >= 0.6 is 15.9 Å². The summed E-state index contributed by atoms with van der Waals surface area (Å²) in [5, 5.41) is 0. The Balaban J connectivity index is 2.80. The number of anilines is 1. The first-order valence-corrected chi connectivity index (χ1v) is 8.02. The van der Waals surface area contributed by atoms with Gasteiger partial charge in [0, 0.05) is 4.47 Å². The van der Waals surface area contributed by atoms with Crippen LogP contribution in [0.1, 0.15) is 25.8 Å². The highest BCUT2D eigenvalue weighted by atomic mass is 79.9. The third-order valence-corrected chi connectivity index (χ3v) is 4.78. The summed E-state index contributed by atoms with van der Waals surface area (Å²) in [6.07, 6.45) is 0.665. The molecule has 17 heavy (non-hydrogen) atoms. The van der Waals surface area contributed by atoms with Crippen LogP contribution in [0.15, 0.2) is 22.7 Å². The van der Waals surface area contributed by atoms with Crippen molar-refractivity contribution in [3.05, 3.63) is 28.2 Å². The van der Waals surface area contributed by atoms with Crippen molar-refractivity contribution in [3.63, 3.8) is 0 Å². The summed E-state index contributed by atoms with van der Waals surface area (Å²) in [6.45, 7) is 5.95. The molecule has 0 saturated heterocycles. The Morgan fingerprint density at radius 3 is 2.59 bits per heavy atom. The number of benzene rings is 1. The van der Waals surface area contributed by atoms with Gasteiger partial charge in [-0.05, 0) is 46.8 Å². The van der Waals surface area contributed by atoms with Crippen LogP contribution in [0.25, 0.3) is 0 Å². The second kappa shape index (κ2) is 5.87. The molecule has 3 nitrogen and oxygen atoms in total. The molecule has 0 radical (unpaired) electrons. The van der Waals surface area contributed by atoms with E-state index in [-0.39, 0.29) is 5.75 Å². The molecule has 1 N–H and O–H groups in total. The summed E-state index contributed by atoms with van der Waals surface area (Å²) in [5.41, 5.74) is 1.61. The second-order valence-corrected chi connectivity index (χ2v) is 7.17. The minimum absolute atomic E-state index is 0.158. The first kappa shape index (κ1) is 14.5. The molecule has 96 valence electrons. The van der Waals surface area contributed by atoms with Crippen molar-refractivity contribution in [2.45, 2.75) is 27.2 Å². The summed E-state index contributed by atoms with van der Waals surface area (Å²) in [6, 6.07) is 5.51. The van der Waals surface area contributed by atoms with Gasteiger partial charge in [-0.2, -0.15) is 0 Å². The monoisotopic (exact) mass is 319 g/mol. The number of hydrogen-bond donors (Lipinski definition) is 1. The van der Waals surface area contributed by atoms with Gasteiger partial charge in [-0.15, -0.1) is 0 Å². The van der Waals surface area contributed by atoms with Gasteiger partial charge in [-0.1, -0.05) is 26.0 Å². The van der Waals surface area contributed by atoms with Gasteiger partial charge in [0.15, 0.2) is 0 Å². The van der Waals surface area contributed by atoms with E-state index in [2.05, 4.69) is 20.7 Å². The Hall–Kier alpha value is -0.550. The molecule has 0 amide bonds. The summed E-state index contributed by atoms with van der Waals surface area (Å²) in [7, 11) is -3.25. The molecule has 0 saturated carbocycles. The van der Waals surface area contributed by atoms with Crippen molar-refractivity contribution in [2.75, 3.05) is 10.5 Å². The SMILES string of the molecule is Cc1cccc(NS(=O)(=O)CCC(C)C)c1Br. The molecule has 0 aliphatic carbocycles. The van der Waals surface area contributed by atoms with Crippen LogP contribution in [-0.2, 0) is 10.0 Å². The molecule has 0 aliphatic rings. The quantitative estimate of drug-likeness (QED) is 0.902. The predicted molar refractivity (Wildman–Crippen MR) is 75.7 cm³/mol. The van der Waals surface area contributed by atoms with Crippen molar-refractivity contribution >= 4 is 31.6 Å². The minimum Gasteiger partial charge on any atom is -0.282 e. The van der Waals surface area contributed by atoms with Crippen LogP contribution in [0.5, 0.6) is 0 Å². The van der Waals surface area contributed by atoms with E-state index in [0.717, 1.165) is 10.0 Å². The van der Waals surface area contributed by atoms with Crippen LogP contribution in [-0.4, -0.2) is 14.2 Å². The lowest BCUT2D eigenvalue weighted by atomic mass is 10.2. The molecular formula is C12H18BrNO2S. The number of sulfonamides is 1. The molecule has 0 aliphatic heterocycles. The molecular weight excluding hydrogens is 302 g/mol. The van der Waals surface area contributed by atoms with Gasteiger partial charge in [0.1, 0.15) is 0 Å². The molecule has 0 fully saturated rings. The Kier molecular flexibility index (Phi) is 5.01. The molecule has 0 heterocycles. The zero-order chi connectivity index (χ0) is 13.1. The lowest BCUT2D eigenvalue weighted by molar-refractivity contribution is 0.578. The molecule has 1 aromatic carbocycles. The number of rotatable bonds is 5. The van der Waals surface area contributed by atoms with E-state index < -0.39 is 10.0 Å². The Morgan fingerprint density at radius 1 is 1.35 bits per heavy atom. The Bertz CT molecular complexity index is 483. The van der Waals surface area contributed by atoms with E-state index in [9.17, 15) is 8.42 Å². The maximum Gasteiger partial charge on any atom is 0.232 e. The summed E-state index contributed by atoms with van der Waals surface area (Å²) in [5.74, 6) is 0.540. The maximum absolute atomic E-state index is 11.8. The third-order valence-electron chi connectivity index (χ3n) is 2.42.